The molecule has 0 N–H and O–H groups in total. The standard InChI is InChI=1S/C18H29O3Si/c1-17(2,3)13-10-12(11-19)15(21-22(8)9)14(16(13)20-7)18(4,5)6/h10-11H,1-9H3. The predicted octanol–water partition coefficient (Wildman–Crippen LogP) is 4.73. The van der Waals surface area contributed by atoms with Gasteiger partial charge in [-0.2, -0.15) is 0 Å². The molecule has 0 saturated carbocycles. The van der Waals surface area contributed by atoms with Crippen molar-refractivity contribution < 1.29 is 14.0 Å². The number of carbonyl (C=O) groups excluding carboxylic acids is 1. The van der Waals surface area contributed by atoms with Crippen LogP contribution in [0.15, 0.2) is 6.07 Å². The van der Waals surface area contributed by atoms with E-state index in [1.807, 2.05) is 6.07 Å². The van der Waals surface area contributed by atoms with Gasteiger partial charge < -0.3 is 9.16 Å². The molecule has 0 fully saturated rings. The second-order valence-electron chi connectivity index (χ2n) is 7.88. The number of hydrogen-bond acceptors (Lipinski definition) is 3. The maximum Gasteiger partial charge on any atom is 0.274 e. The molecule has 0 heterocycles. The maximum absolute atomic E-state index is 11.7. The number of ether oxygens (including phenoxy) is 1. The van der Waals surface area contributed by atoms with Crippen LogP contribution in [0.4, 0.5) is 0 Å². The van der Waals surface area contributed by atoms with Gasteiger partial charge in [0.15, 0.2) is 6.29 Å². The van der Waals surface area contributed by atoms with Crippen LogP contribution < -0.4 is 9.16 Å². The van der Waals surface area contributed by atoms with Crippen LogP contribution in [0.1, 0.15) is 63.0 Å². The van der Waals surface area contributed by atoms with E-state index in [2.05, 4.69) is 54.6 Å². The van der Waals surface area contributed by atoms with E-state index < -0.39 is 9.04 Å². The number of aldehydes is 1. The Morgan fingerprint density at radius 1 is 1.00 bits per heavy atom. The first kappa shape index (κ1) is 18.8. The molecule has 3 nitrogen and oxygen atoms in total. The topological polar surface area (TPSA) is 35.5 Å². The summed E-state index contributed by atoms with van der Waals surface area (Å²) in [5.74, 6) is 1.52. The highest BCUT2D eigenvalue weighted by Crippen LogP contribution is 2.46. The minimum Gasteiger partial charge on any atom is -0.542 e. The molecule has 0 aliphatic rings. The summed E-state index contributed by atoms with van der Waals surface area (Å²) < 4.78 is 11.9. The molecule has 0 amide bonds. The first-order valence-corrected chi connectivity index (χ1v) is 10.0. The maximum atomic E-state index is 11.7. The summed E-state index contributed by atoms with van der Waals surface area (Å²) >= 11 is 0. The zero-order valence-corrected chi connectivity index (χ0v) is 16.4. The molecule has 0 unspecified atom stereocenters. The van der Waals surface area contributed by atoms with Crippen molar-refractivity contribution in [1.29, 1.82) is 0 Å². The van der Waals surface area contributed by atoms with Crippen molar-refractivity contribution in [3.63, 3.8) is 0 Å². The fraction of sp³-hybridized carbons (Fsp3) is 0.611. The zero-order chi connectivity index (χ0) is 17.3. The molecule has 123 valence electrons. The van der Waals surface area contributed by atoms with Crippen molar-refractivity contribution >= 4 is 15.3 Å². The van der Waals surface area contributed by atoms with Crippen LogP contribution in [0.25, 0.3) is 0 Å². The molecule has 4 heteroatoms. The molecular weight excluding hydrogens is 292 g/mol. The lowest BCUT2D eigenvalue weighted by atomic mass is 9.78. The SMILES string of the molecule is COc1c(C(C)(C)C)cc(C=O)c(O[Si](C)C)c1C(C)(C)C. The summed E-state index contributed by atoms with van der Waals surface area (Å²) in [7, 11) is 0.701. The van der Waals surface area contributed by atoms with Crippen LogP contribution in [0.5, 0.6) is 11.5 Å². The van der Waals surface area contributed by atoms with Crippen molar-refractivity contribution in [3.05, 3.63) is 22.8 Å². The van der Waals surface area contributed by atoms with Gasteiger partial charge in [0, 0.05) is 11.1 Å². The van der Waals surface area contributed by atoms with Crippen molar-refractivity contribution in [1.82, 2.24) is 0 Å². The third-order valence-electron chi connectivity index (χ3n) is 3.46. The van der Waals surface area contributed by atoms with Gasteiger partial charge in [-0.15, -0.1) is 0 Å². The van der Waals surface area contributed by atoms with E-state index >= 15 is 0 Å². The van der Waals surface area contributed by atoms with Crippen LogP contribution in [0.2, 0.25) is 13.1 Å². The zero-order valence-electron chi connectivity index (χ0n) is 15.4. The summed E-state index contributed by atoms with van der Waals surface area (Å²) in [4.78, 5) is 11.7. The van der Waals surface area contributed by atoms with E-state index in [1.54, 1.807) is 7.11 Å². The molecule has 0 aromatic heterocycles. The van der Waals surface area contributed by atoms with E-state index in [4.69, 9.17) is 9.16 Å². The molecule has 1 radical (unpaired) electrons. The highest BCUT2D eigenvalue weighted by molar-refractivity contribution is 6.49. The molecule has 0 saturated heterocycles. The largest absolute Gasteiger partial charge is 0.542 e. The lowest BCUT2D eigenvalue weighted by Crippen LogP contribution is -2.23. The van der Waals surface area contributed by atoms with Crippen molar-refractivity contribution in [2.24, 2.45) is 0 Å². The third kappa shape index (κ3) is 3.91. The van der Waals surface area contributed by atoms with E-state index in [-0.39, 0.29) is 10.8 Å². The van der Waals surface area contributed by atoms with Crippen LogP contribution >= 0.6 is 0 Å². The molecular formula is C18H29O3Si. The third-order valence-corrected chi connectivity index (χ3v) is 4.07. The minimum atomic E-state index is -0.987. The summed E-state index contributed by atoms with van der Waals surface area (Å²) in [6.07, 6.45) is 0.893. The molecule has 22 heavy (non-hydrogen) atoms. The summed E-state index contributed by atoms with van der Waals surface area (Å²) in [6, 6.07) is 1.92. The highest BCUT2D eigenvalue weighted by Gasteiger charge is 2.32. The summed E-state index contributed by atoms with van der Waals surface area (Å²) in [5, 5.41) is 0. The fourth-order valence-electron chi connectivity index (χ4n) is 2.52. The van der Waals surface area contributed by atoms with Crippen LogP contribution in [0.3, 0.4) is 0 Å². The predicted molar refractivity (Wildman–Crippen MR) is 93.9 cm³/mol. The summed E-state index contributed by atoms with van der Waals surface area (Å²) in [6.45, 7) is 16.9. The second kappa shape index (κ2) is 6.45. The van der Waals surface area contributed by atoms with Crippen LogP contribution in [0, 0.1) is 0 Å². The number of methoxy groups -OCH3 is 1. The van der Waals surface area contributed by atoms with Gasteiger partial charge in [-0.3, -0.25) is 4.79 Å². The first-order valence-electron chi connectivity index (χ1n) is 7.62. The number of carbonyl (C=O) groups is 1. The molecule has 1 rings (SSSR count). The van der Waals surface area contributed by atoms with Gasteiger partial charge in [-0.1, -0.05) is 41.5 Å². The molecule has 1 aromatic rings. The van der Waals surface area contributed by atoms with Gasteiger partial charge in [0.1, 0.15) is 11.5 Å². The Labute approximate surface area is 136 Å². The molecule has 0 aliphatic carbocycles. The normalized spacial score (nSPS) is 12.5. The van der Waals surface area contributed by atoms with Crippen molar-refractivity contribution in [2.75, 3.05) is 7.11 Å². The Kier molecular flexibility index (Phi) is 5.50. The number of rotatable bonds is 4. The molecule has 0 aliphatic heterocycles. The van der Waals surface area contributed by atoms with E-state index in [9.17, 15) is 4.79 Å². The Morgan fingerprint density at radius 2 is 1.55 bits per heavy atom. The average molecular weight is 322 g/mol. The fourth-order valence-corrected chi connectivity index (χ4v) is 3.15. The van der Waals surface area contributed by atoms with Gasteiger partial charge in [-0.05, 0) is 30.0 Å². The quantitative estimate of drug-likeness (QED) is 0.594. The Bertz CT molecular complexity index is 549. The lowest BCUT2D eigenvalue weighted by Gasteiger charge is -2.32. The number of hydrogen-bond donors (Lipinski definition) is 0. The summed E-state index contributed by atoms with van der Waals surface area (Å²) in [5.41, 5.74) is 2.33. The van der Waals surface area contributed by atoms with Gasteiger partial charge in [-0.25, -0.2) is 0 Å². The molecule has 0 spiro atoms. The van der Waals surface area contributed by atoms with Crippen LogP contribution in [-0.2, 0) is 10.8 Å². The lowest BCUT2D eigenvalue weighted by molar-refractivity contribution is 0.112. The monoisotopic (exact) mass is 321 g/mol. The molecule has 0 bridgehead atoms. The highest BCUT2D eigenvalue weighted by atomic mass is 28.3. The van der Waals surface area contributed by atoms with E-state index in [0.29, 0.717) is 11.3 Å². The first-order chi connectivity index (χ1) is 9.93. The van der Waals surface area contributed by atoms with Crippen LogP contribution in [-0.4, -0.2) is 22.4 Å². The van der Waals surface area contributed by atoms with Gasteiger partial charge in [0.25, 0.3) is 9.04 Å². The van der Waals surface area contributed by atoms with Gasteiger partial charge >= 0.3 is 0 Å². The second-order valence-corrected chi connectivity index (χ2v) is 9.90. The Balaban J connectivity index is 3.88. The Morgan fingerprint density at radius 3 is 1.86 bits per heavy atom. The van der Waals surface area contributed by atoms with Gasteiger partial charge in [0.05, 0.1) is 12.7 Å². The van der Waals surface area contributed by atoms with E-state index in [1.165, 1.54) is 0 Å². The molecule has 0 atom stereocenters. The smallest absolute Gasteiger partial charge is 0.274 e. The van der Waals surface area contributed by atoms with Crippen molar-refractivity contribution in [2.45, 2.75) is 65.5 Å². The Hall–Kier alpha value is -1.29. The molecule has 1 aromatic carbocycles. The van der Waals surface area contributed by atoms with E-state index in [0.717, 1.165) is 23.2 Å². The average Bonchev–Trinajstić information content (AvgIpc) is 2.34. The van der Waals surface area contributed by atoms with Crippen molar-refractivity contribution in [3.8, 4) is 11.5 Å². The minimum absolute atomic E-state index is 0.117. The van der Waals surface area contributed by atoms with Gasteiger partial charge in [0.2, 0.25) is 0 Å². The number of benzene rings is 1.